The van der Waals surface area contributed by atoms with E-state index in [1.165, 1.54) is 6.20 Å². The summed E-state index contributed by atoms with van der Waals surface area (Å²) in [5.74, 6) is -0.545. The van der Waals surface area contributed by atoms with Crippen molar-refractivity contribution >= 4 is 23.2 Å². The minimum atomic E-state index is -0.545. The van der Waals surface area contributed by atoms with Gasteiger partial charge >= 0.3 is 0 Å². The fraction of sp³-hybridized carbons (Fsp3) is 0.0833. The van der Waals surface area contributed by atoms with E-state index < -0.39 is 12.4 Å². The normalized spacial score (nSPS) is 10.6. The Morgan fingerprint density at radius 2 is 1.94 bits per heavy atom. The Morgan fingerprint density at radius 1 is 1.18 bits per heavy atom. The molecule has 1 aromatic carbocycles. The second kappa shape index (κ2) is 5.00. The van der Waals surface area contributed by atoms with Gasteiger partial charge in [-0.25, -0.2) is 4.39 Å². The molecule has 5 heteroatoms. The second-order valence-electron chi connectivity index (χ2n) is 3.43. The van der Waals surface area contributed by atoms with Crippen molar-refractivity contribution in [1.29, 1.82) is 0 Å². The maximum Gasteiger partial charge on any atom is 0.147 e. The van der Waals surface area contributed by atoms with Crippen LogP contribution in [0.4, 0.5) is 4.39 Å². The molecule has 2 rings (SSSR count). The van der Waals surface area contributed by atoms with Crippen LogP contribution in [-0.2, 0) is 6.61 Å². The van der Waals surface area contributed by atoms with Gasteiger partial charge in [-0.05, 0) is 17.7 Å². The van der Waals surface area contributed by atoms with Gasteiger partial charge in [0, 0.05) is 17.3 Å². The standard InChI is InChI=1S/C12H8Cl2FNO/c13-10-2-1-7(3-11(10)14)8-4-16-5-12(15)9(8)6-17/h1-5,17H,6H2. The van der Waals surface area contributed by atoms with Crippen molar-refractivity contribution in [1.82, 2.24) is 4.98 Å². The van der Waals surface area contributed by atoms with Crippen LogP contribution in [0.3, 0.4) is 0 Å². The first-order chi connectivity index (χ1) is 8.13. The number of aromatic nitrogens is 1. The largest absolute Gasteiger partial charge is 0.392 e. The smallest absolute Gasteiger partial charge is 0.147 e. The van der Waals surface area contributed by atoms with E-state index >= 15 is 0 Å². The van der Waals surface area contributed by atoms with E-state index in [1.807, 2.05) is 0 Å². The molecule has 1 N–H and O–H groups in total. The number of halogens is 3. The highest BCUT2D eigenvalue weighted by molar-refractivity contribution is 6.42. The fourth-order valence-electron chi connectivity index (χ4n) is 1.53. The third-order valence-electron chi connectivity index (χ3n) is 2.39. The lowest BCUT2D eigenvalue weighted by Gasteiger charge is -2.08. The van der Waals surface area contributed by atoms with E-state index in [0.717, 1.165) is 6.20 Å². The molecule has 0 unspecified atom stereocenters. The van der Waals surface area contributed by atoms with Crippen molar-refractivity contribution in [3.8, 4) is 11.1 Å². The second-order valence-corrected chi connectivity index (χ2v) is 4.25. The van der Waals surface area contributed by atoms with Gasteiger partial charge in [0.2, 0.25) is 0 Å². The zero-order valence-electron chi connectivity index (χ0n) is 8.62. The van der Waals surface area contributed by atoms with Crippen molar-refractivity contribution in [2.45, 2.75) is 6.61 Å². The van der Waals surface area contributed by atoms with Crippen LogP contribution in [0.1, 0.15) is 5.56 Å². The molecule has 1 heterocycles. The quantitative estimate of drug-likeness (QED) is 0.904. The number of pyridine rings is 1. The van der Waals surface area contributed by atoms with Gasteiger partial charge in [0.25, 0.3) is 0 Å². The number of aliphatic hydroxyl groups excluding tert-OH is 1. The highest BCUT2D eigenvalue weighted by Gasteiger charge is 2.11. The Kier molecular flexibility index (Phi) is 3.62. The van der Waals surface area contributed by atoms with E-state index in [2.05, 4.69) is 4.98 Å². The molecule has 0 saturated heterocycles. The van der Waals surface area contributed by atoms with E-state index in [4.69, 9.17) is 28.3 Å². The SMILES string of the molecule is OCc1c(F)cncc1-c1ccc(Cl)c(Cl)c1. The van der Waals surface area contributed by atoms with Crippen molar-refractivity contribution in [3.05, 3.63) is 52.0 Å². The van der Waals surface area contributed by atoms with Gasteiger partial charge in [-0.2, -0.15) is 0 Å². The molecule has 1 aromatic heterocycles. The Balaban J connectivity index is 2.60. The zero-order chi connectivity index (χ0) is 12.4. The summed E-state index contributed by atoms with van der Waals surface area (Å²) in [7, 11) is 0. The first-order valence-electron chi connectivity index (χ1n) is 4.82. The first-order valence-corrected chi connectivity index (χ1v) is 5.57. The van der Waals surface area contributed by atoms with E-state index in [0.29, 0.717) is 21.2 Å². The highest BCUT2D eigenvalue weighted by Crippen LogP contribution is 2.30. The summed E-state index contributed by atoms with van der Waals surface area (Å²) in [5.41, 5.74) is 1.36. The van der Waals surface area contributed by atoms with Crippen molar-refractivity contribution in [2.24, 2.45) is 0 Å². The topological polar surface area (TPSA) is 33.1 Å². The molecule has 0 atom stereocenters. The van der Waals surface area contributed by atoms with Crippen LogP contribution in [0.2, 0.25) is 10.0 Å². The first kappa shape index (κ1) is 12.3. The summed E-state index contributed by atoms with van der Waals surface area (Å²) in [5, 5.41) is 9.95. The van der Waals surface area contributed by atoms with Gasteiger partial charge < -0.3 is 5.11 Å². The molecular formula is C12H8Cl2FNO. The molecule has 0 spiro atoms. The summed E-state index contributed by atoms with van der Waals surface area (Å²) >= 11 is 11.7. The Bertz CT molecular complexity index is 560. The number of aliphatic hydroxyl groups is 1. The van der Waals surface area contributed by atoms with E-state index in [9.17, 15) is 4.39 Å². The van der Waals surface area contributed by atoms with Crippen LogP contribution in [0, 0.1) is 5.82 Å². The minimum absolute atomic E-state index is 0.193. The monoisotopic (exact) mass is 271 g/mol. The number of nitrogens with zero attached hydrogens (tertiary/aromatic N) is 1. The summed E-state index contributed by atoms with van der Waals surface area (Å²) in [6.07, 6.45) is 2.54. The van der Waals surface area contributed by atoms with Crippen molar-refractivity contribution in [3.63, 3.8) is 0 Å². The van der Waals surface area contributed by atoms with Gasteiger partial charge in [-0.15, -0.1) is 0 Å². The summed E-state index contributed by atoms with van der Waals surface area (Å²) < 4.78 is 13.4. The molecule has 0 aliphatic carbocycles. The Labute approximate surface area is 108 Å². The molecule has 0 bridgehead atoms. The lowest BCUT2D eigenvalue weighted by Crippen LogP contribution is -1.96. The fourth-order valence-corrected chi connectivity index (χ4v) is 1.83. The number of hydrogen-bond acceptors (Lipinski definition) is 2. The molecule has 0 radical (unpaired) electrons. The van der Waals surface area contributed by atoms with E-state index in [1.54, 1.807) is 18.2 Å². The number of benzene rings is 1. The van der Waals surface area contributed by atoms with Crippen LogP contribution in [0.5, 0.6) is 0 Å². The zero-order valence-corrected chi connectivity index (χ0v) is 10.1. The maximum atomic E-state index is 13.4. The average Bonchev–Trinajstić information content (AvgIpc) is 2.32. The van der Waals surface area contributed by atoms with Gasteiger partial charge in [-0.3, -0.25) is 4.98 Å². The van der Waals surface area contributed by atoms with Crippen LogP contribution in [0.25, 0.3) is 11.1 Å². The van der Waals surface area contributed by atoms with Crippen molar-refractivity contribution < 1.29 is 9.50 Å². The van der Waals surface area contributed by atoms with Gasteiger partial charge in [0.1, 0.15) is 5.82 Å². The van der Waals surface area contributed by atoms with Crippen LogP contribution < -0.4 is 0 Å². The Morgan fingerprint density at radius 3 is 2.59 bits per heavy atom. The molecular weight excluding hydrogens is 264 g/mol. The molecule has 0 saturated carbocycles. The third kappa shape index (κ3) is 2.41. The molecule has 2 nitrogen and oxygen atoms in total. The summed E-state index contributed by atoms with van der Waals surface area (Å²) in [4.78, 5) is 3.76. The molecule has 17 heavy (non-hydrogen) atoms. The maximum absolute atomic E-state index is 13.4. The van der Waals surface area contributed by atoms with Gasteiger partial charge in [0.05, 0.1) is 22.8 Å². The molecule has 0 amide bonds. The lowest BCUT2D eigenvalue weighted by molar-refractivity contribution is 0.276. The molecule has 0 aliphatic rings. The predicted octanol–water partition coefficient (Wildman–Crippen LogP) is 3.69. The van der Waals surface area contributed by atoms with Gasteiger partial charge in [-0.1, -0.05) is 29.3 Å². The summed E-state index contributed by atoms with van der Waals surface area (Å²) in [6.45, 7) is -0.399. The molecule has 88 valence electrons. The lowest BCUT2D eigenvalue weighted by atomic mass is 10.0. The highest BCUT2D eigenvalue weighted by atomic mass is 35.5. The van der Waals surface area contributed by atoms with E-state index in [-0.39, 0.29) is 5.56 Å². The molecule has 0 aliphatic heterocycles. The Hall–Kier alpha value is -1.16. The number of rotatable bonds is 2. The average molecular weight is 272 g/mol. The van der Waals surface area contributed by atoms with Crippen molar-refractivity contribution in [2.75, 3.05) is 0 Å². The third-order valence-corrected chi connectivity index (χ3v) is 3.13. The summed E-state index contributed by atoms with van der Waals surface area (Å²) in [6, 6.07) is 4.93. The van der Waals surface area contributed by atoms with Crippen LogP contribution >= 0.6 is 23.2 Å². The van der Waals surface area contributed by atoms with Crippen LogP contribution in [-0.4, -0.2) is 10.1 Å². The predicted molar refractivity (Wildman–Crippen MR) is 65.6 cm³/mol. The number of hydrogen-bond donors (Lipinski definition) is 1. The molecule has 0 fully saturated rings. The van der Waals surface area contributed by atoms with Crippen LogP contribution in [0.15, 0.2) is 30.6 Å². The minimum Gasteiger partial charge on any atom is -0.392 e. The molecule has 2 aromatic rings. The van der Waals surface area contributed by atoms with Gasteiger partial charge in [0.15, 0.2) is 0 Å².